The van der Waals surface area contributed by atoms with E-state index < -0.39 is 0 Å². The van der Waals surface area contributed by atoms with Gasteiger partial charge < -0.3 is 0 Å². The van der Waals surface area contributed by atoms with E-state index in [2.05, 4.69) is 17.6 Å². The summed E-state index contributed by atoms with van der Waals surface area (Å²) in [6, 6.07) is 5.93. The Balaban J connectivity index is 2.62. The van der Waals surface area contributed by atoms with Gasteiger partial charge in [0.15, 0.2) is 0 Å². The van der Waals surface area contributed by atoms with Crippen molar-refractivity contribution in [1.82, 2.24) is 4.98 Å². The summed E-state index contributed by atoms with van der Waals surface area (Å²) in [4.78, 5) is 5.52. The lowest BCUT2D eigenvalue weighted by atomic mass is 10.4. The molecule has 0 fully saturated rings. The number of allylic oxidation sites excluding steroid dienone is 3. The molecule has 0 saturated heterocycles. The van der Waals surface area contributed by atoms with Gasteiger partial charge in [0.2, 0.25) is 0 Å². The lowest BCUT2D eigenvalue weighted by molar-refractivity contribution is 1.13. The van der Waals surface area contributed by atoms with Gasteiger partial charge in [0.25, 0.3) is 0 Å². The Morgan fingerprint density at radius 2 is 2.46 bits per heavy atom. The normalized spacial score (nSPS) is 11.3. The summed E-state index contributed by atoms with van der Waals surface area (Å²) in [5.74, 6) is 0. The predicted octanol–water partition coefficient (Wildman–Crippen LogP) is 3.65. The maximum absolute atomic E-state index is 4.24. The van der Waals surface area contributed by atoms with Crippen molar-refractivity contribution < 1.29 is 0 Å². The first-order chi connectivity index (χ1) is 6.36. The molecule has 0 aliphatic carbocycles. The van der Waals surface area contributed by atoms with Gasteiger partial charge in [-0.2, -0.15) is 0 Å². The third kappa shape index (κ3) is 3.47. The fourth-order valence-corrected chi connectivity index (χ4v) is 1.75. The molecule has 1 heterocycles. The molecule has 68 valence electrons. The first kappa shape index (κ1) is 10.1. The van der Waals surface area contributed by atoms with Crippen molar-refractivity contribution in [1.29, 1.82) is 0 Å². The zero-order valence-corrected chi connectivity index (χ0v) is 8.55. The van der Waals surface area contributed by atoms with Crippen molar-refractivity contribution in [2.45, 2.75) is 18.4 Å². The minimum Gasteiger partial charge on any atom is -0.250 e. The minimum absolute atomic E-state index is 0.914. The first-order valence-electron chi connectivity index (χ1n) is 4.21. The molecule has 0 aliphatic heterocycles. The summed E-state index contributed by atoms with van der Waals surface area (Å²) in [6.07, 6.45) is 6.73. The lowest BCUT2D eigenvalue weighted by Crippen LogP contribution is -1.79. The monoisotopic (exact) mass is 191 g/mol. The minimum atomic E-state index is 0.914. The molecule has 0 unspecified atom stereocenters. The molecule has 0 N–H and O–H groups in total. The van der Waals surface area contributed by atoms with Crippen LogP contribution in [0.5, 0.6) is 0 Å². The van der Waals surface area contributed by atoms with E-state index in [0.29, 0.717) is 0 Å². The summed E-state index contributed by atoms with van der Waals surface area (Å²) in [5, 5.41) is 1.04. The second-order valence-corrected chi connectivity index (χ2v) is 3.66. The van der Waals surface area contributed by atoms with Crippen molar-refractivity contribution in [3.8, 4) is 0 Å². The number of hydrogen-bond acceptors (Lipinski definition) is 2. The predicted molar refractivity (Wildman–Crippen MR) is 58.7 cm³/mol. The molecule has 1 aromatic heterocycles. The second kappa shape index (κ2) is 5.60. The van der Waals surface area contributed by atoms with E-state index in [1.165, 1.54) is 4.91 Å². The molecule has 0 radical (unpaired) electrons. The van der Waals surface area contributed by atoms with E-state index >= 15 is 0 Å². The van der Waals surface area contributed by atoms with Gasteiger partial charge in [0.1, 0.15) is 5.03 Å². The maximum atomic E-state index is 4.24. The van der Waals surface area contributed by atoms with Crippen LogP contribution in [0, 0.1) is 0 Å². The molecule has 0 spiro atoms. The molecule has 0 saturated carbocycles. The molecule has 0 amide bonds. The number of thioether (sulfide) groups is 1. The van der Waals surface area contributed by atoms with Crippen LogP contribution >= 0.6 is 11.8 Å². The average molecular weight is 191 g/mol. The topological polar surface area (TPSA) is 12.9 Å². The molecule has 13 heavy (non-hydrogen) atoms. The van der Waals surface area contributed by atoms with Gasteiger partial charge in [0, 0.05) is 6.20 Å². The Hall–Kier alpha value is -1.02. The van der Waals surface area contributed by atoms with Crippen LogP contribution in [-0.2, 0) is 0 Å². The summed E-state index contributed by atoms with van der Waals surface area (Å²) in [7, 11) is 0. The van der Waals surface area contributed by atoms with E-state index in [4.69, 9.17) is 0 Å². The van der Waals surface area contributed by atoms with E-state index in [0.717, 1.165) is 11.4 Å². The summed E-state index contributed by atoms with van der Waals surface area (Å²) in [6.45, 7) is 5.75. The largest absolute Gasteiger partial charge is 0.250 e. The molecule has 0 atom stereocenters. The number of nitrogens with zero attached hydrogens (tertiary/aromatic N) is 1. The van der Waals surface area contributed by atoms with E-state index in [1.54, 1.807) is 11.8 Å². The van der Waals surface area contributed by atoms with E-state index in [-0.39, 0.29) is 0 Å². The maximum Gasteiger partial charge on any atom is 0.100 e. The number of hydrogen-bond donors (Lipinski definition) is 0. The highest BCUT2D eigenvalue weighted by Gasteiger charge is 1.97. The van der Waals surface area contributed by atoms with Crippen LogP contribution < -0.4 is 0 Å². The van der Waals surface area contributed by atoms with Crippen LogP contribution in [0.4, 0.5) is 0 Å². The average Bonchev–Trinajstić information content (AvgIpc) is 2.19. The van der Waals surface area contributed by atoms with Gasteiger partial charge >= 0.3 is 0 Å². The molecular formula is C11H13NS. The number of aromatic nitrogens is 1. The highest BCUT2D eigenvalue weighted by atomic mass is 32.2. The van der Waals surface area contributed by atoms with Crippen molar-refractivity contribution >= 4 is 11.8 Å². The fraction of sp³-hybridized carbons (Fsp3) is 0.182. The van der Waals surface area contributed by atoms with Crippen molar-refractivity contribution in [3.05, 3.63) is 48.0 Å². The van der Waals surface area contributed by atoms with E-state index in [1.807, 2.05) is 37.4 Å². The van der Waals surface area contributed by atoms with Gasteiger partial charge in [-0.15, -0.1) is 6.58 Å². The SMILES string of the molecule is C=CC/C(=C\C)Sc1ccccn1. The highest BCUT2D eigenvalue weighted by Crippen LogP contribution is 2.26. The smallest absolute Gasteiger partial charge is 0.100 e. The van der Waals surface area contributed by atoms with Gasteiger partial charge in [-0.1, -0.05) is 30.0 Å². The molecule has 0 aromatic carbocycles. The Bertz CT molecular complexity index is 290. The summed E-state index contributed by atoms with van der Waals surface area (Å²) < 4.78 is 0. The molecule has 0 aliphatic rings. The Kier molecular flexibility index (Phi) is 4.33. The zero-order chi connectivity index (χ0) is 9.52. The van der Waals surface area contributed by atoms with Crippen LogP contribution in [0.15, 0.2) is 53.1 Å². The third-order valence-electron chi connectivity index (χ3n) is 1.54. The van der Waals surface area contributed by atoms with Crippen LogP contribution in [0.25, 0.3) is 0 Å². The first-order valence-corrected chi connectivity index (χ1v) is 5.03. The molecule has 1 rings (SSSR count). The van der Waals surface area contributed by atoms with Gasteiger partial charge in [-0.25, -0.2) is 4.98 Å². The zero-order valence-electron chi connectivity index (χ0n) is 7.73. The Morgan fingerprint density at radius 3 is 3.00 bits per heavy atom. The highest BCUT2D eigenvalue weighted by molar-refractivity contribution is 8.03. The molecule has 0 bridgehead atoms. The van der Waals surface area contributed by atoms with Crippen LogP contribution in [0.1, 0.15) is 13.3 Å². The van der Waals surface area contributed by atoms with Crippen molar-refractivity contribution in [3.63, 3.8) is 0 Å². The Labute approximate surface area is 83.6 Å². The molecule has 1 nitrogen and oxygen atoms in total. The Morgan fingerprint density at radius 1 is 1.62 bits per heavy atom. The van der Waals surface area contributed by atoms with Crippen LogP contribution in [0.3, 0.4) is 0 Å². The van der Waals surface area contributed by atoms with Crippen LogP contribution in [-0.4, -0.2) is 4.98 Å². The van der Waals surface area contributed by atoms with Gasteiger partial charge in [-0.3, -0.25) is 0 Å². The third-order valence-corrected chi connectivity index (χ3v) is 2.66. The van der Waals surface area contributed by atoms with Crippen molar-refractivity contribution in [2.24, 2.45) is 0 Å². The van der Waals surface area contributed by atoms with Crippen LogP contribution in [0.2, 0.25) is 0 Å². The summed E-state index contributed by atoms with van der Waals surface area (Å²) in [5.41, 5.74) is 0. The van der Waals surface area contributed by atoms with E-state index in [9.17, 15) is 0 Å². The quantitative estimate of drug-likeness (QED) is 0.532. The summed E-state index contributed by atoms with van der Waals surface area (Å²) >= 11 is 1.69. The molecule has 2 heteroatoms. The standard InChI is InChI=1S/C11H13NS/c1-3-7-10(4-2)13-11-8-5-6-9-12-11/h3-6,8-9H,1,7H2,2H3/b10-4+. The number of pyridine rings is 1. The molecule has 1 aromatic rings. The lowest BCUT2D eigenvalue weighted by Gasteiger charge is -2.01. The van der Waals surface area contributed by atoms with Crippen molar-refractivity contribution in [2.75, 3.05) is 0 Å². The second-order valence-electron chi connectivity index (χ2n) is 2.52. The van der Waals surface area contributed by atoms with Gasteiger partial charge in [-0.05, 0) is 30.4 Å². The fourth-order valence-electron chi connectivity index (χ4n) is 0.902. The molecular weight excluding hydrogens is 178 g/mol. The van der Waals surface area contributed by atoms with Gasteiger partial charge in [0.05, 0.1) is 0 Å². The number of rotatable bonds is 4.